The van der Waals surface area contributed by atoms with Gasteiger partial charge >= 0.3 is 0 Å². The molecule has 1 saturated heterocycles. The van der Waals surface area contributed by atoms with Crippen molar-refractivity contribution in [3.63, 3.8) is 0 Å². The van der Waals surface area contributed by atoms with Crippen molar-refractivity contribution in [1.82, 2.24) is 10.3 Å². The van der Waals surface area contributed by atoms with Crippen LogP contribution in [-0.4, -0.2) is 17.6 Å². The monoisotopic (exact) mass is 334 g/mol. The maximum atomic E-state index is 4.45. The van der Waals surface area contributed by atoms with Gasteiger partial charge in [0.05, 0.1) is 0 Å². The average Bonchev–Trinajstić information content (AvgIpc) is 2.86. The van der Waals surface area contributed by atoms with Crippen LogP contribution in [0.25, 0.3) is 16.7 Å². The van der Waals surface area contributed by atoms with E-state index in [1.165, 1.54) is 28.7 Å². The molecule has 116 valence electrons. The summed E-state index contributed by atoms with van der Waals surface area (Å²) in [6.07, 6.45) is 8.84. The zero-order chi connectivity index (χ0) is 13.4. The van der Waals surface area contributed by atoms with E-state index in [9.17, 15) is 0 Å². The summed E-state index contributed by atoms with van der Waals surface area (Å²) in [4.78, 5) is 4.45. The van der Waals surface area contributed by atoms with E-state index >= 15 is 0 Å². The van der Waals surface area contributed by atoms with Crippen LogP contribution < -0.4 is 5.32 Å². The van der Waals surface area contributed by atoms with Crippen LogP contribution in [0.4, 0.5) is 0 Å². The van der Waals surface area contributed by atoms with E-state index in [0.29, 0.717) is 12.0 Å². The van der Waals surface area contributed by atoms with E-state index in [-0.39, 0.29) is 24.8 Å². The van der Waals surface area contributed by atoms with Crippen molar-refractivity contribution in [2.75, 3.05) is 6.54 Å². The molecule has 2 unspecified atom stereocenters. The van der Waals surface area contributed by atoms with Crippen molar-refractivity contribution < 1.29 is 0 Å². The molecule has 1 aromatic carbocycles. The van der Waals surface area contributed by atoms with E-state index in [1.807, 2.05) is 18.5 Å². The van der Waals surface area contributed by atoms with Crippen LogP contribution in [0.15, 0.2) is 54.9 Å². The summed E-state index contributed by atoms with van der Waals surface area (Å²) in [6.45, 7) is 1.14. The number of nitrogens with zero attached hydrogens (tertiary/aromatic N) is 1. The molecule has 4 rings (SSSR count). The number of pyridine rings is 1. The molecule has 2 atom stereocenters. The van der Waals surface area contributed by atoms with Gasteiger partial charge in [-0.3, -0.25) is 4.98 Å². The maximum absolute atomic E-state index is 4.45. The lowest BCUT2D eigenvalue weighted by atomic mass is 9.87. The maximum Gasteiger partial charge on any atom is 0.0346 e. The highest BCUT2D eigenvalue weighted by atomic mass is 35.5. The summed E-state index contributed by atoms with van der Waals surface area (Å²) in [7, 11) is 0. The Kier molecular flexibility index (Phi) is 5.63. The minimum Gasteiger partial charge on any atom is -0.313 e. The first-order chi connectivity index (χ1) is 9.88. The van der Waals surface area contributed by atoms with Crippen molar-refractivity contribution in [3.05, 3.63) is 60.4 Å². The molecule has 2 heterocycles. The number of nitrogens with one attached hydrogen (secondary N) is 1. The fourth-order valence-electron chi connectivity index (χ4n) is 3.37. The van der Waals surface area contributed by atoms with Crippen LogP contribution in [0.5, 0.6) is 0 Å². The fraction of sp³-hybridized carbons (Fsp3) is 0.278. The van der Waals surface area contributed by atoms with Gasteiger partial charge in [-0.05, 0) is 41.5 Å². The van der Waals surface area contributed by atoms with Crippen LogP contribution >= 0.6 is 24.8 Å². The molecule has 0 amide bonds. The van der Waals surface area contributed by atoms with Gasteiger partial charge in [0, 0.05) is 30.5 Å². The van der Waals surface area contributed by atoms with Crippen molar-refractivity contribution in [2.24, 2.45) is 5.92 Å². The van der Waals surface area contributed by atoms with Crippen LogP contribution in [0.3, 0.4) is 0 Å². The molecule has 1 aliphatic carbocycles. The first-order valence-corrected chi connectivity index (χ1v) is 7.33. The second-order valence-corrected chi connectivity index (χ2v) is 5.83. The Hall–Kier alpha value is -1.35. The number of hydrogen-bond donors (Lipinski definition) is 1. The highest BCUT2D eigenvalue weighted by Gasteiger charge is 2.28. The zero-order valence-electron chi connectivity index (χ0n) is 12.2. The lowest BCUT2D eigenvalue weighted by Crippen LogP contribution is -2.21. The normalized spacial score (nSPS) is 22.3. The molecule has 2 bridgehead atoms. The first-order valence-electron chi connectivity index (χ1n) is 7.33. The lowest BCUT2D eigenvalue weighted by molar-refractivity contribution is 0.596. The van der Waals surface area contributed by atoms with Gasteiger partial charge in [-0.15, -0.1) is 24.8 Å². The van der Waals surface area contributed by atoms with Crippen LogP contribution in [0.1, 0.15) is 18.4 Å². The Morgan fingerprint density at radius 3 is 2.50 bits per heavy atom. The van der Waals surface area contributed by atoms with E-state index in [0.717, 1.165) is 13.0 Å². The van der Waals surface area contributed by atoms with Crippen molar-refractivity contribution in [1.29, 1.82) is 0 Å². The molecule has 1 fully saturated rings. The average molecular weight is 335 g/mol. The predicted octanol–water partition coefficient (Wildman–Crippen LogP) is 4.36. The van der Waals surface area contributed by atoms with Gasteiger partial charge in [0.15, 0.2) is 0 Å². The van der Waals surface area contributed by atoms with Gasteiger partial charge in [0.2, 0.25) is 0 Å². The molecule has 1 N–H and O–H groups in total. The molecule has 0 saturated carbocycles. The van der Waals surface area contributed by atoms with Crippen LogP contribution in [-0.2, 0) is 0 Å². The van der Waals surface area contributed by atoms with Gasteiger partial charge in [-0.2, -0.15) is 0 Å². The van der Waals surface area contributed by atoms with Gasteiger partial charge < -0.3 is 5.32 Å². The van der Waals surface area contributed by atoms with Gasteiger partial charge in [-0.25, -0.2) is 0 Å². The summed E-state index contributed by atoms with van der Waals surface area (Å²) < 4.78 is 0. The number of halogens is 2. The van der Waals surface area contributed by atoms with Gasteiger partial charge in [0.1, 0.15) is 0 Å². The van der Waals surface area contributed by atoms with E-state index < -0.39 is 0 Å². The second kappa shape index (κ2) is 7.28. The summed E-state index contributed by atoms with van der Waals surface area (Å²) in [5.41, 5.74) is 5.18. The van der Waals surface area contributed by atoms with E-state index in [4.69, 9.17) is 0 Å². The Labute approximate surface area is 143 Å². The van der Waals surface area contributed by atoms with Gasteiger partial charge in [0.25, 0.3) is 0 Å². The third-order valence-electron chi connectivity index (χ3n) is 4.38. The summed E-state index contributed by atoms with van der Waals surface area (Å²) in [5.74, 6) is 0.712. The molecular formula is C18H20Cl2N2. The Morgan fingerprint density at radius 1 is 0.955 bits per heavy atom. The van der Waals surface area contributed by atoms with Crippen molar-refractivity contribution in [2.45, 2.75) is 18.9 Å². The first kappa shape index (κ1) is 17.0. The molecule has 22 heavy (non-hydrogen) atoms. The molecule has 2 aromatic rings. The molecular weight excluding hydrogens is 315 g/mol. The molecule has 4 heteroatoms. The van der Waals surface area contributed by atoms with E-state index in [1.54, 1.807) is 0 Å². The number of hydrogen-bond acceptors (Lipinski definition) is 2. The molecule has 0 radical (unpaired) electrons. The van der Waals surface area contributed by atoms with Crippen molar-refractivity contribution >= 4 is 30.4 Å². The quantitative estimate of drug-likeness (QED) is 0.882. The van der Waals surface area contributed by atoms with E-state index in [2.05, 4.69) is 46.7 Å². The number of benzene rings is 1. The summed E-state index contributed by atoms with van der Waals surface area (Å²) >= 11 is 0. The SMILES string of the molecule is C1=C(c2cncc(-c3ccccc3)c2)CC2CC1CN2.Cl.Cl. The highest BCUT2D eigenvalue weighted by Crippen LogP contribution is 2.34. The smallest absolute Gasteiger partial charge is 0.0346 e. The Morgan fingerprint density at radius 2 is 1.73 bits per heavy atom. The third kappa shape index (κ3) is 3.35. The van der Waals surface area contributed by atoms with Crippen LogP contribution in [0, 0.1) is 5.92 Å². The molecule has 2 nitrogen and oxygen atoms in total. The topological polar surface area (TPSA) is 24.9 Å². The fourth-order valence-corrected chi connectivity index (χ4v) is 3.37. The highest BCUT2D eigenvalue weighted by molar-refractivity contribution is 5.85. The standard InChI is InChI=1S/C18H18N2.2ClH/c1-2-4-14(5-3-1)16-8-17(12-19-11-16)15-6-13-7-18(9-15)20-10-13;;/h1-6,8,11-13,18,20H,7,9-10H2;2*1H. The van der Waals surface area contributed by atoms with Gasteiger partial charge in [-0.1, -0.05) is 36.4 Å². The zero-order valence-corrected chi connectivity index (χ0v) is 13.9. The molecule has 1 aromatic heterocycles. The number of aromatic nitrogens is 1. The minimum atomic E-state index is 0. The summed E-state index contributed by atoms with van der Waals surface area (Å²) in [6, 6.07) is 13.4. The molecule has 1 aliphatic heterocycles. The van der Waals surface area contributed by atoms with Crippen LogP contribution in [0.2, 0.25) is 0 Å². The molecule has 2 aliphatic rings. The van der Waals surface area contributed by atoms with Crippen molar-refractivity contribution in [3.8, 4) is 11.1 Å². The summed E-state index contributed by atoms with van der Waals surface area (Å²) in [5, 5.41) is 3.59. The number of fused-ring (bicyclic) bond motifs is 2. The Balaban J connectivity index is 0.000000882. The second-order valence-electron chi connectivity index (χ2n) is 5.83. The number of rotatable bonds is 2. The minimum absolute atomic E-state index is 0. The lowest BCUT2D eigenvalue weighted by Gasteiger charge is -2.19. The molecule has 0 spiro atoms. The Bertz CT molecular complexity index is 655. The largest absolute Gasteiger partial charge is 0.313 e. The predicted molar refractivity (Wildman–Crippen MR) is 96.7 cm³/mol. The third-order valence-corrected chi connectivity index (χ3v) is 4.38.